The van der Waals surface area contributed by atoms with E-state index in [0.717, 1.165) is 42.4 Å². The number of pyridine rings is 1. The summed E-state index contributed by atoms with van der Waals surface area (Å²) < 4.78 is 11.3. The third-order valence-electron chi connectivity index (χ3n) is 4.50. The number of nitrogens with zero attached hydrogens (tertiary/aromatic N) is 3. The van der Waals surface area contributed by atoms with Gasteiger partial charge in [0.1, 0.15) is 11.3 Å². The maximum atomic E-state index is 5.74. The van der Waals surface area contributed by atoms with E-state index in [9.17, 15) is 0 Å². The predicted octanol–water partition coefficient (Wildman–Crippen LogP) is 2.93. The summed E-state index contributed by atoms with van der Waals surface area (Å²) in [6.07, 6.45) is 3.40. The molecule has 0 unspecified atom stereocenters. The molecule has 3 heterocycles. The van der Waals surface area contributed by atoms with Gasteiger partial charge in [-0.25, -0.2) is 0 Å². The molecule has 6 nitrogen and oxygen atoms in total. The minimum Gasteiger partial charge on any atom is -0.368 e. The van der Waals surface area contributed by atoms with Crippen LogP contribution in [0.1, 0.15) is 18.7 Å². The first-order valence-electron chi connectivity index (χ1n) is 7.77. The largest absolute Gasteiger partial charge is 0.368 e. The van der Waals surface area contributed by atoms with E-state index in [1.54, 1.807) is 13.3 Å². The summed E-state index contributed by atoms with van der Waals surface area (Å²) in [6.45, 7) is 1.75. The fourth-order valence-electron chi connectivity index (χ4n) is 3.14. The molecule has 0 aliphatic carbocycles. The van der Waals surface area contributed by atoms with Gasteiger partial charge in [0.05, 0.1) is 0 Å². The summed E-state index contributed by atoms with van der Waals surface area (Å²) in [4.78, 5) is 9.05. The van der Waals surface area contributed by atoms with Gasteiger partial charge in [0.15, 0.2) is 0 Å². The van der Waals surface area contributed by atoms with Gasteiger partial charge in [-0.15, -0.1) is 12.4 Å². The van der Waals surface area contributed by atoms with Crippen molar-refractivity contribution in [2.75, 3.05) is 20.2 Å². The average molecular weight is 347 g/mol. The molecule has 1 fully saturated rings. The number of fused-ring (bicyclic) bond motifs is 1. The Morgan fingerprint density at radius 2 is 1.96 bits per heavy atom. The lowest BCUT2D eigenvalue weighted by molar-refractivity contribution is -0.0622. The van der Waals surface area contributed by atoms with Gasteiger partial charge < -0.3 is 14.6 Å². The van der Waals surface area contributed by atoms with Gasteiger partial charge in [-0.3, -0.25) is 4.98 Å². The molecule has 0 spiro atoms. The SMILES string of the molecule is COC1(c2nc(-c3nccc4ccccc34)no2)CCNCC1.Cl. The third kappa shape index (κ3) is 2.77. The van der Waals surface area contributed by atoms with E-state index >= 15 is 0 Å². The highest BCUT2D eigenvalue weighted by atomic mass is 35.5. The van der Waals surface area contributed by atoms with Crippen molar-refractivity contribution in [3.63, 3.8) is 0 Å². The zero-order chi connectivity index (χ0) is 15.7. The molecule has 1 N–H and O–H groups in total. The number of hydrogen-bond donors (Lipinski definition) is 1. The average Bonchev–Trinajstić information content (AvgIpc) is 3.12. The number of benzene rings is 1. The molecule has 1 aromatic carbocycles. The Morgan fingerprint density at radius 1 is 1.17 bits per heavy atom. The van der Waals surface area contributed by atoms with Crippen molar-refractivity contribution < 1.29 is 9.26 Å². The van der Waals surface area contributed by atoms with Crippen LogP contribution in [0.4, 0.5) is 0 Å². The number of aromatic nitrogens is 3. The monoisotopic (exact) mass is 346 g/mol. The minimum absolute atomic E-state index is 0. The van der Waals surface area contributed by atoms with E-state index in [1.165, 1.54) is 0 Å². The van der Waals surface area contributed by atoms with Crippen molar-refractivity contribution in [3.05, 3.63) is 42.4 Å². The molecule has 0 radical (unpaired) electrons. The molecule has 1 saturated heterocycles. The molecule has 0 bridgehead atoms. The number of hydrogen-bond acceptors (Lipinski definition) is 6. The molecule has 1 aliphatic heterocycles. The highest BCUT2D eigenvalue weighted by Crippen LogP contribution is 2.34. The highest BCUT2D eigenvalue weighted by Gasteiger charge is 2.39. The third-order valence-corrected chi connectivity index (χ3v) is 4.50. The second-order valence-corrected chi connectivity index (χ2v) is 5.75. The standard InChI is InChI=1S/C17H18N4O2.ClH/c1-22-17(7-10-18-11-8-17)16-20-15(21-23-16)14-13-5-3-2-4-12(13)6-9-19-14;/h2-6,9,18H,7-8,10-11H2,1H3;1H. The summed E-state index contributed by atoms with van der Waals surface area (Å²) in [5, 5.41) is 9.60. The molecular weight excluding hydrogens is 328 g/mol. The van der Waals surface area contributed by atoms with Crippen LogP contribution in [-0.4, -0.2) is 35.3 Å². The van der Waals surface area contributed by atoms with E-state index in [0.29, 0.717) is 11.7 Å². The fraction of sp³-hybridized carbons (Fsp3) is 0.353. The van der Waals surface area contributed by atoms with E-state index in [-0.39, 0.29) is 12.4 Å². The second-order valence-electron chi connectivity index (χ2n) is 5.75. The Labute approximate surface area is 146 Å². The van der Waals surface area contributed by atoms with Gasteiger partial charge in [0.2, 0.25) is 5.82 Å². The Kier molecular flexibility index (Phi) is 4.80. The molecule has 2 aromatic heterocycles. The number of rotatable bonds is 3. The summed E-state index contributed by atoms with van der Waals surface area (Å²) in [5.41, 5.74) is 0.236. The summed E-state index contributed by atoms with van der Waals surface area (Å²) in [6, 6.07) is 10.0. The van der Waals surface area contributed by atoms with Crippen LogP contribution in [0.3, 0.4) is 0 Å². The van der Waals surface area contributed by atoms with Crippen LogP contribution < -0.4 is 5.32 Å². The molecule has 4 rings (SSSR count). The molecule has 0 amide bonds. The van der Waals surface area contributed by atoms with E-state index < -0.39 is 5.60 Å². The normalized spacial score (nSPS) is 16.7. The molecule has 7 heteroatoms. The number of nitrogens with one attached hydrogen (secondary N) is 1. The zero-order valence-corrected chi connectivity index (χ0v) is 14.2. The van der Waals surface area contributed by atoms with Gasteiger partial charge in [-0.05, 0) is 37.4 Å². The van der Waals surface area contributed by atoms with Gasteiger partial charge >= 0.3 is 0 Å². The van der Waals surface area contributed by atoms with E-state index in [2.05, 4.69) is 20.4 Å². The van der Waals surface area contributed by atoms with E-state index in [4.69, 9.17) is 9.26 Å². The van der Waals surface area contributed by atoms with Crippen LogP contribution in [0.25, 0.3) is 22.3 Å². The number of ether oxygens (including phenoxy) is 1. The van der Waals surface area contributed by atoms with Crippen LogP contribution in [0, 0.1) is 0 Å². The molecule has 24 heavy (non-hydrogen) atoms. The Bertz CT molecular complexity index is 825. The Balaban J connectivity index is 0.00000169. The second kappa shape index (κ2) is 6.84. The van der Waals surface area contributed by atoms with Gasteiger partial charge in [0, 0.05) is 18.7 Å². The zero-order valence-electron chi connectivity index (χ0n) is 13.4. The maximum absolute atomic E-state index is 5.74. The number of piperidine rings is 1. The van der Waals surface area contributed by atoms with Crippen LogP contribution in [0.15, 0.2) is 41.1 Å². The van der Waals surface area contributed by atoms with Crippen LogP contribution in [-0.2, 0) is 10.3 Å². The van der Waals surface area contributed by atoms with Crippen molar-refractivity contribution in [2.24, 2.45) is 0 Å². The lowest BCUT2D eigenvalue weighted by Gasteiger charge is -2.32. The van der Waals surface area contributed by atoms with Crippen LogP contribution in [0.5, 0.6) is 0 Å². The topological polar surface area (TPSA) is 73.1 Å². The van der Waals surface area contributed by atoms with Crippen molar-refractivity contribution in [1.82, 2.24) is 20.4 Å². The number of methoxy groups -OCH3 is 1. The Morgan fingerprint density at radius 3 is 2.75 bits per heavy atom. The first-order chi connectivity index (χ1) is 11.3. The first-order valence-corrected chi connectivity index (χ1v) is 7.77. The van der Waals surface area contributed by atoms with Crippen LogP contribution >= 0.6 is 12.4 Å². The van der Waals surface area contributed by atoms with Crippen molar-refractivity contribution in [3.8, 4) is 11.5 Å². The van der Waals surface area contributed by atoms with Crippen molar-refractivity contribution in [2.45, 2.75) is 18.4 Å². The summed E-state index contributed by atoms with van der Waals surface area (Å²) >= 11 is 0. The fourth-order valence-corrected chi connectivity index (χ4v) is 3.14. The predicted molar refractivity (Wildman–Crippen MR) is 93.1 cm³/mol. The van der Waals surface area contributed by atoms with Crippen LogP contribution in [0.2, 0.25) is 0 Å². The first kappa shape index (κ1) is 16.8. The molecule has 1 aliphatic rings. The summed E-state index contributed by atoms with van der Waals surface area (Å²) in [7, 11) is 1.70. The van der Waals surface area contributed by atoms with Crippen molar-refractivity contribution >= 4 is 23.2 Å². The van der Waals surface area contributed by atoms with E-state index in [1.807, 2.05) is 30.3 Å². The minimum atomic E-state index is -0.499. The lowest BCUT2D eigenvalue weighted by atomic mass is 9.92. The molecule has 0 saturated carbocycles. The highest BCUT2D eigenvalue weighted by molar-refractivity contribution is 5.92. The lowest BCUT2D eigenvalue weighted by Crippen LogP contribution is -2.41. The maximum Gasteiger partial charge on any atom is 0.259 e. The molecule has 3 aromatic rings. The quantitative estimate of drug-likeness (QED) is 0.786. The van der Waals surface area contributed by atoms with Gasteiger partial charge in [-0.2, -0.15) is 4.98 Å². The Hall–Kier alpha value is -2.02. The number of halogens is 1. The molecule has 0 atom stereocenters. The molecular formula is C17H19ClN4O2. The van der Waals surface area contributed by atoms with Crippen molar-refractivity contribution in [1.29, 1.82) is 0 Å². The van der Waals surface area contributed by atoms with Gasteiger partial charge in [0.25, 0.3) is 5.89 Å². The smallest absolute Gasteiger partial charge is 0.259 e. The van der Waals surface area contributed by atoms with Gasteiger partial charge in [-0.1, -0.05) is 29.4 Å². The molecule has 126 valence electrons. The summed E-state index contributed by atoms with van der Waals surface area (Å²) in [5.74, 6) is 1.04.